The number of carbonyl (C=O) groups is 1. The standard InChI is InChI=1S/C13H9F2N3O3/c14-8-5-10(12(15)11(6-8)18(20)21)13(19)17-7-9-3-1-2-4-16-9/h1-6H,7H2,(H,17,19). The maximum absolute atomic E-state index is 13.8. The average Bonchev–Trinajstić information content (AvgIpc) is 2.47. The third-order valence-corrected chi connectivity index (χ3v) is 2.62. The number of halogens is 2. The van der Waals surface area contributed by atoms with Gasteiger partial charge in [0.1, 0.15) is 5.82 Å². The summed E-state index contributed by atoms with van der Waals surface area (Å²) in [5.74, 6) is -3.40. The Bertz CT molecular complexity index is 693. The van der Waals surface area contributed by atoms with Crippen molar-refractivity contribution in [1.82, 2.24) is 10.3 Å². The van der Waals surface area contributed by atoms with Gasteiger partial charge in [0.25, 0.3) is 5.91 Å². The van der Waals surface area contributed by atoms with Gasteiger partial charge in [0.15, 0.2) is 0 Å². The molecule has 0 unspecified atom stereocenters. The number of benzene rings is 1. The van der Waals surface area contributed by atoms with Gasteiger partial charge in [-0.2, -0.15) is 4.39 Å². The predicted molar refractivity (Wildman–Crippen MR) is 68.4 cm³/mol. The van der Waals surface area contributed by atoms with Crippen LogP contribution < -0.4 is 5.32 Å². The van der Waals surface area contributed by atoms with Crippen LogP contribution in [-0.4, -0.2) is 15.8 Å². The number of carbonyl (C=O) groups excluding carboxylic acids is 1. The first-order valence-corrected chi connectivity index (χ1v) is 5.80. The van der Waals surface area contributed by atoms with Crippen LogP contribution in [0.1, 0.15) is 16.1 Å². The Morgan fingerprint density at radius 3 is 2.71 bits per heavy atom. The molecule has 108 valence electrons. The molecule has 0 aliphatic rings. The summed E-state index contributed by atoms with van der Waals surface area (Å²) in [6, 6.07) is 6.04. The number of nitrogens with one attached hydrogen (secondary N) is 1. The molecule has 0 aliphatic heterocycles. The topological polar surface area (TPSA) is 85.1 Å². The van der Waals surface area contributed by atoms with Crippen LogP contribution in [-0.2, 0) is 6.54 Å². The van der Waals surface area contributed by atoms with Gasteiger partial charge in [-0.25, -0.2) is 4.39 Å². The molecule has 0 saturated carbocycles. The van der Waals surface area contributed by atoms with Crippen LogP contribution in [0.4, 0.5) is 14.5 Å². The third-order valence-electron chi connectivity index (χ3n) is 2.62. The summed E-state index contributed by atoms with van der Waals surface area (Å²) >= 11 is 0. The van der Waals surface area contributed by atoms with E-state index in [1.54, 1.807) is 18.2 Å². The summed E-state index contributed by atoms with van der Waals surface area (Å²) in [7, 11) is 0. The molecule has 2 aromatic rings. The molecule has 0 radical (unpaired) electrons. The number of amides is 1. The molecule has 1 N–H and O–H groups in total. The lowest BCUT2D eigenvalue weighted by Gasteiger charge is -2.06. The van der Waals surface area contributed by atoms with Crippen LogP contribution in [0.15, 0.2) is 36.5 Å². The van der Waals surface area contributed by atoms with Crippen molar-refractivity contribution in [3.05, 3.63) is 69.5 Å². The molecule has 0 saturated heterocycles. The van der Waals surface area contributed by atoms with Gasteiger partial charge in [0, 0.05) is 6.20 Å². The monoisotopic (exact) mass is 293 g/mol. The zero-order chi connectivity index (χ0) is 15.4. The Labute approximate surface area is 117 Å². The van der Waals surface area contributed by atoms with Gasteiger partial charge in [-0.1, -0.05) is 6.07 Å². The number of rotatable bonds is 4. The predicted octanol–water partition coefficient (Wildman–Crippen LogP) is 2.20. The molecule has 1 aromatic carbocycles. The fourth-order valence-corrected chi connectivity index (χ4v) is 1.64. The van der Waals surface area contributed by atoms with E-state index in [1.165, 1.54) is 6.20 Å². The van der Waals surface area contributed by atoms with Gasteiger partial charge in [-0.05, 0) is 18.2 Å². The van der Waals surface area contributed by atoms with Crippen molar-refractivity contribution in [3.63, 3.8) is 0 Å². The van der Waals surface area contributed by atoms with Gasteiger partial charge in [0.05, 0.1) is 28.8 Å². The lowest BCUT2D eigenvalue weighted by atomic mass is 10.1. The van der Waals surface area contributed by atoms with Crippen LogP contribution in [0.5, 0.6) is 0 Å². The Kier molecular flexibility index (Phi) is 4.17. The van der Waals surface area contributed by atoms with Crippen LogP contribution >= 0.6 is 0 Å². The highest BCUT2D eigenvalue weighted by molar-refractivity contribution is 5.95. The highest BCUT2D eigenvalue weighted by Crippen LogP contribution is 2.22. The minimum Gasteiger partial charge on any atom is -0.346 e. The maximum Gasteiger partial charge on any atom is 0.308 e. The number of hydrogen-bond acceptors (Lipinski definition) is 4. The lowest BCUT2D eigenvalue weighted by Crippen LogP contribution is -2.24. The first-order chi connectivity index (χ1) is 9.99. The molecule has 1 amide bonds. The minimum absolute atomic E-state index is 0.0105. The number of nitro groups is 1. The van der Waals surface area contributed by atoms with Crippen LogP contribution in [0.2, 0.25) is 0 Å². The molecule has 2 rings (SSSR count). The summed E-state index contributed by atoms with van der Waals surface area (Å²) in [6.45, 7) is -0.0105. The largest absolute Gasteiger partial charge is 0.346 e. The van der Waals surface area contributed by atoms with Crippen molar-refractivity contribution >= 4 is 11.6 Å². The molecule has 6 nitrogen and oxygen atoms in total. The van der Waals surface area contributed by atoms with Crippen LogP contribution in [0, 0.1) is 21.7 Å². The van der Waals surface area contributed by atoms with E-state index < -0.39 is 33.7 Å². The number of hydrogen-bond donors (Lipinski definition) is 1. The molecule has 1 heterocycles. The molecular weight excluding hydrogens is 284 g/mol. The third kappa shape index (κ3) is 3.35. The lowest BCUT2D eigenvalue weighted by molar-refractivity contribution is -0.387. The van der Waals surface area contributed by atoms with E-state index in [2.05, 4.69) is 10.3 Å². The number of pyridine rings is 1. The SMILES string of the molecule is O=C(NCc1ccccn1)c1cc(F)cc([N+](=O)[O-])c1F. The molecule has 1 aromatic heterocycles. The second kappa shape index (κ2) is 6.04. The van der Waals surface area contributed by atoms with E-state index >= 15 is 0 Å². The van der Waals surface area contributed by atoms with Gasteiger partial charge in [-0.3, -0.25) is 19.9 Å². The number of nitrogens with zero attached hydrogens (tertiary/aromatic N) is 2. The van der Waals surface area contributed by atoms with E-state index in [9.17, 15) is 23.7 Å². The van der Waals surface area contributed by atoms with Crippen molar-refractivity contribution in [1.29, 1.82) is 0 Å². The number of aromatic nitrogens is 1. The quantitative estimate of drug-likeness (QED) is 0.691. The Balaban J connectivity index is 2.21. The van der Waals surface area contributed by atoms with E-state index in [0.717, 1.165) is 0 Å². The Morgan fingerprint density at radius 1 is 1.33 bits per heavy atom. The Morgan fingerprint density at radius 2 is 2.10 bits per heavy atom. The summed E-state index contributed by atoms with van der Waals surface area (Å²) in [6.07, 6.45) is 1.51. The van der Waals surface area contributed by atoms with Gasteiger partial charge < -0.3 is 5.32 Å². The first kappa shape index (κ1) is 14.5. The van der Waals surface area contributed by atoms with Crippen LogP contribution in [0.25, 0.3) is 0 Å². The fraction of sp³-hybridized carbons (Fsp3) is 0.0769. The molecule has 8 heteroatoms. The molecule has 0 aliphatic carbocycles. The fourth-order valence-electron chi connectivity index (χ4n) is 1.64. The summed E-state index contributed by atoms with van der Waals surface area (Å²) in [4.78, 5) is 25.2. The van der Waals surface area contributed by atoms with Crippen molar-refractivity contribution < 1.29 is 18.5 Å². The van der Waals surface area contributed by atoms with Gasteiger partial charge in [0.2, 0.25) is 5.82 Å². The molecular formula is C13H9F2N3O3. The normalized spacial score (nSPS) is 10.2. The highest BCUT2D eigenvalue weighted by atomic mass is 19.1. The van der Waals surface area contributed by atoms with Gasteiger partial charge >= 0.3 is 5.69 Å². The molecule has 0 bridgehead atoms. The molecule has 0 fully saturated rings. The first-order valence-electron chi connectivity index (χ1n) is 5.80. The summed E-state index contributed by atoms with van der Waals surface area (Å²) in [5, 5.41) is 12.9. The molecule has 21 heavy (non-hydrogen) atoms. The van der Waals surface area contributed by atoms with Gasteiger partial charge in [-0.15, -0.1) is 0 Å². The zero-order valence-electron chi connectivity index (χ0n) is 10.5. The van der Waals surface area contributed by atoms with Crippen LogP contribution in [0.3, 0.4) is 0 Å². The highest BCUT2D eigenvalue weighted by Gasteiger charge is 2.24. The summed E-state index contributed by atoms with van der Waals surface area (Å²) < 4.78 is 27.0. The number of nitro benzene ring substituents is 1. The van der Waals surface area contributed by atoms with E-state index in [4.69, 9.17) is 0 Å². The maximum atomic E-state index is 13.8. The van der Waals surface area contributed by atoms with Crippen molar-refractivity contribution in [2.75, 3.05) is 0 Å². The van der Waals surface area contributed by atoms with E-state index in [1.807, 2.05) is 0 Å². The van der Waals surface area contributed by atoms with Crippen molar-refractivity contribution in [2.45, 2.75) is 6.54 Å². The second-order valence-electron chi connectivity index (χ2n) is 4.05. The minimum atomic E-state index is -1.38. The van der Waals surface area contributed by atoms with Crippen molar-refractivity contribution in [2.24, 2.45) is 0 Å². The molecule has 0 spiro atoms. The molecule has 0 atom stereocenters. The van der Waals surface area contributed by atoms with E-state index in [0.29, 0.717) is 17.8 Å². The van der Waals surface area contributed by atoms with E-state index in [-0.39, 0.29) is 6.54 Å². The Hall–Kier alpha value is -2.90. The zero-order valence-corrected chi connectivity index (χ0v) is 10.5. The second-order valence-corrected chi connectivity index (χ2v) is 4.05. The van der Waals surface area contributed by atoms with Crippen molar-refractivity contribution in [3.8, 4) is 0 Å². The average molecular weight is 293 g/mol. The smallest absolute Gasteiger partial charge is 0.308 e. The summed E-state index contributed by atoms with van der Waals surface area (Å²) in [5.41, 5.74) is -1.30.